The van der Waals surface area contributed by atoms with Gasteiger partial charge in [-0.15, -0.1) is 0 Å². The van der Waals surface area contributed by atoms with Crippen molar-refractivity contribution in [1.29, 1.82) is 0 Å². The highest BCUT2D eigenvalue weighted by molar-refractivity contribution is 5.96. The molecule has 2 aromatic rings. The van der Waals surface area contributed by atoms with Gasteiger partial charge in [0.25, 0.3) is 5.91 Å². The molecule has 1 aliphatic heterocycles. The second-order valence-electron chi connectivity index (χ2n) is 6.87. The molecule has 1 amide bonds. The molecular weight excluding hydrogens is 326 g/mol. The summed E-state index contributed by atoms with van der Waals surface area (Å²) in [5.41, 5.74) is 1.97. The first-order chi connectivity index (χ1) is 12.6. The lowest BCUT2D eigenvalue weighted by Gasteiger charge is -2.23. The third kappa shape index (κ3) is 3.98. The van der Waals surface area contributed by atoms with Gasteiger partial charge in [-0.25, -0.2) is 4.98 Å². The Morgan fingerprint density at radius 1 is 1.35 bits per heavy atom. The number of pyridine rings is 1. The third-order valence-electron chi connectivity index (χ3n) is 4.92. The number of benzene rings is 1. The highest BCUT2D eigenvalue weighted by Gasteiger charge is 2.33. The van der Waals surface area contributed by atoms with E-state index in [9.17, 15) is 4.79 Å². The molecule has 2 heterocycles. The number of carbonyl (C=O) groups is 1. The van der Waals surface area contributed by atoms with Gasteiger partial charge in [-0.3, -0.25) is 4.79 Å². The van der Waals surface area contributed by atoms with Gasteiger partial charge < -0.3 is 15.0 Å². The summed E-state index contributed by atoms with van der Waals surface area (Å²) in [6, 6.07) is 12.1. The van der Waals surface area contributed by atoms with Gasteiger partial charge in [0.05, 0.1) is 7.11 Å². The molecule has 138 valence electrons. The number of hydrogen-bond donors (Lipinski definition) is 1. The number of methoxy groups -OCH3 is 1. The molecule has 3 rings (SSSR count). The molecule has 1 aliphatic rings. The summed E-state index contributed by atoms with van der Waals surface area (Å²) in [5, 5.41) is 3.44. The summed E-state index contributed by atoms with van der Waals surface area (Å²) in [6.07, 6.45) is 4.59. The number of nitrogens with one attached hydrogen (secondary N) is 1. The normalized spacial score (nSPS) is 19.4. The van der Waals surface area contributed by atoms with E-state index >= 15 is 0 Å². The number of rotatable bonds is 6. The highest BCUT2D eigenvalue weighted by atomic mass is 16.5. The van der Waals surface area contributed by atoms with Gasteiger partial charge in [0.15, 0.2) is 0 Å². The summed E-state index contributed by atoms with van der Waals surface area (Å²) in [7, 11) is 1.64. The Morgan fingerprint density at radius 3 is 2.92 bits per heavy atom. The van der Waals surface area contributed by atoms with Crippen molar-refractivity contribution in [2.45, 2.75) is 45.2 Å². The molecule has 1 aromatic heterocycles. The number of carbonyl (C=O) groups excluding carboxylic acids is 1. The lowest BCUT2D eigenvalue weighted by Crippen LogP contribution is -2.35. The molecule has 1 N–H and O–H groups in total. The fourth-order valence-electron chi connectivity index (χ4n) is 3.62. The summed E-state index contributed by atoms with van der Waals surface area (Å²) in [5.74, 6) is 1.68. The zero-order valence-corrected chi connectivity index (χ0v) is 15.7. The zero-order valence-electron chi connectivity index (χ0n) is 15.7. The van der Waals surface area contributed by atoms with Crippen molar-refractivity contribution in [3.8, 4) is 5.75 Å². The Bertz CT molecular complexity index is 762. The number of nitrogens with zero attached hydrogens (tertiary/aromatic N) is 2. The minimum absolute atomic E-state index is 0.129. The van der Waals surface area contributed by atoms with Crippen LogP contribution in [0.5, 0.6) is 5.75 Å². The molecular formula is C21H27N3O2. The third-order valence-corrected chi connectivity index (χ3v) is 4.92. The molecule has 26 heavy (non-hydrogen) atoms. The summed E-state index contributed by atoms with van der Waals surface area (Å²) in [6.45, 7) is 4.93. The molecule has 2 atom stereocenters. The minimum atomic E-state index is 0.129. The first-order valence-electron chi connectivity index (χ1n) is 9.27. The van der Waals surface area contributed by atoms with E-state index in [1.165, 1.54) is 0 Å². The van der Waals surface area contributed by atoms with Crippen molar-refractivity contribution in [3.63, 3.8) is 0 Å². The van der Waals surface area contributed by atoms with Crippen LogP contribution in [-0.2, 0) is 6.42 Å². The SMILES string of the molecule is CCCc1ccccc1C(=O)N1C[C@H](Nc2cc(OC)ccn2)C[C@H]1C. The van der Waals surface area contributed by atoms with Crippen LogP contribution in [0.4, 0.5) is 5.82 Å². The fraction of sp³-hybridized carbons (Fsp3) is 0.429. The molecule has 5 heteroatoms. The van der Waals surface area contributed by atoms with Gasteiger partial charge in [-0.05, 0) is 37.5 Å². The predicted molar refractivity (Wildman–Crippen MR) is 104 cm³/mol. The number of ether oxygens (including phenoxy) is 1. The lowest BCUT2D eigenvalue weighted by atomic mass is 10.0. The zero-order chi connectivity index (χ0) is 18.5. The van der Waals surface area contributed by atoms with Crippen LogP contribution in [0.1, 0.15) is 42.6 Å². The van der Waals surface area contributed by atoms with Crippen molar-refractivity contribution >= 4 is 11.7 Å². The highest BCUT2D eigenvalue weighted by Crippen LogP contribution is 2.25. The number of amides is 1. The predicted octanol–water partition coefficient (Wildman–Crippen LogP) is 3.76. The second-order valence-corrected chi connectivity index (χ2v) is 6.87. The van der Waals surface area contributed by atoms with E-state index in [1.54, 1.807) is 13.3 Å². The van der Waals surface area contributed by atoms with Crippen molar-refractivity contribution in [1.82, 2.24) is 9.88 Å². The van der Waals surface area contributed by atoms with Crippen molar-refractivity contribution < 1.29 is 9.53 Å². The van der Waals surface area contributed by atoms with Gasteiger partial charge >= 0.3 is 0 Å². The molecule has 0 saturated carbocycles. The van der Waals surface area contributed by atoms with Crippen LogP contribution in [0.15, 0.2) is 42.6 Å². The Kier molecular flexibility index (Phi) is 5.76. The van der Waals surface area contributed by atoms with Gasteiger partial charge in [-0.2, -0.15) is 0 Å². The molecule has 1 fully saturated rings. The smallest absolute Gasteiger partial charge is 0.254 e. The summed E-state index contributed by atoms with van der Waals surface area (Å²) in [4.78, 5) is 19.4. The van der Waals surface area contributed by atoms with Crippen LogP contribution >= 0.6 is 0 Å². The minimum Gasteiger partial charge on any atom is -0.497 e. The number of likely N-dealkylation sites (tertiary alicyclic amines) is 1. The van der Waals surface area contributed by atoms with Crippen LogP contribution in [0.2, 0.25) is 0 Å². The van der Waals surface area contributed by atoms with E-state index in [2.05, 4.69) is 30.2 Å². The molecule has 0 aliphatic carbocycles. The molecule has 1 aromatic carbocycles. The lowest BCUT2D eigenvalue weighted by molar-refractivity contribution is 0.0745. The molecule has 0 bridgehead atoms. The first-order valence-corrected chi connectivity index (χ1v) is 9.27. The van der Waals surface area contributed by atoms with Crippen molar-refractivity contribution in [2.75, 3.05) is 19.0 Å². The maximum Gasteiger partial charge on any atom is 0.254 e. The van der Waals surface area contributed by atoms with E-state index in [1.807, 2.05) is 35.2 Å². The van der Waals surface area contributed by atoms with Gasteiger partial charge in [-0.1, -0.05) is 31.5 Å². The second kappa shape index (κ2) is 8.21. The van der Waals surface area contributed by atoms with E-state index in [0.29, 0.717) is 6.54 Å². The Labute approximate surface area is 155 Å². The summed E-state index contributed by atoms with van der Waals surface area (Å²) < 4.78 is 5.25. The van der Waals surface area contributed by atoms with Crippen LogP contribution < -0.4 is 10.1 Å². The van der Waals surface area contributed by atoms with Gasteiger partial charge in [0.1, 0.15) is 11.6 Å². The van der Waals surface area contributed by atoms with E-state index in [4.69, 9.17) is 4.74 Å². The molecule has 5 nitrogen and oxygen atoms in total. The number of hydrogen-bond acceptors (Lipinski definition) is 4. The molecule has 0 unspecified atom stereocenters. The van der Waals surface area contributed by atoms with Crippen molar-refractivity contribution in [2.24, 2.45) is 0 Å². The standard InChI is InChI=1S/C21H27N3O2/c1-4-7-16-8-5-6-9-19(16)21(25)24-14-17(12-15(24)2)23-20-13-18(26-3)10-11-22-20/h5-6,8-11,13,15,17H,4,7,12,14H2,1-3H3,(H,22,23)/t15-,17-/m1/s1. The topological polar surface area (TPSA) is 54.5 Å². The van der Waals surface area contributed by atoms with Gasteiger partial charge in [0, 0.05) is 36.5 Å². The first kappa shape index (κ1) is 18.2. The maximum absolute atomic E-state index is 13.1. The molecule has 0 spiro atoms. The Balaban J connectivity index is 1.71. The average Bonchev–Trinajstić information content (AvgIpc) is 3.02. The van der Waals surface area contributed by atoms with Crippen LogP contribution in [0.25, 0.3) is 0 Å². The molecule has 1 saturated heterocycles. The number of anilines is 1. The van der Waals surface area contributed by atoms with E-state index in [-0.39, 0.29) is 18.0 Å². The number of aromatic nitrogens is 1. The van der Waals surface area contributed by atoms with Gasteiger partial charge in [0.2, 0.25) is 0 Å². The quantitative estimate of drug-likeness (QED) is 0.859. The average molecular weight is 353 g/mol. The van der Waals surface area contributed by atoms with Crippen LogP contribution in [0.3, 0.4) is 0 Å². The van der Waals surface area contributed by atoms with Crippen molar-refractivity contribution in [3.05, 3.63) is 53.7 Å². The Hall–Kier alpha value is -2.56. The van der Waals surface area contributed by atoms with Crippen LogP contribution in [0, 0.1) is 0 Å². The Morgan fingerprint density at radius 2 is 2.15 bits per heavy atom. The summed E-state index contributed by atoms with van der Waals surface area (Å²) >= 11 is 0. The van der Waals surface area contributed by atoms with E-state index in [0.717, 1.165) is 42.0 Å². The maximum atomic E-state index is 13.1. The largest absolute Gasteiger partial charge is 0.497 e. The molecule has 0 radical (unpaired) electrons. The van der Waals surface area contributed by atoms with E-state index < -0.39 is 0 Å². The monoisotopic (exact) mass is 353 g/mol. The van der Waals surface area contributed by atoms with Crippen LogP contribution in [-0.4, -0.2) is 41.5 Å². The fourth-order valence-corrected chi connectivity index (χ4v) is 3.62. The number of aryl methyl sites for hydroxylation is 1.